The minimum absolute atomic E-state index is 0.0471. The number of hydrogen-bond acceptors (Lipinski definition) is 3. The van der Waals surface area contributed by atoms with Gasteiger partial charge in [0.2, 0.25) is 5.91 Å². The van der Waals surface area contributed by atoms with Crippen LogP contribution in [0.2, 0.25) is 0 Å². The molecular formula is C23H37BN2O2. The van der Waals surface area contributed by atoms with E-state index >= 15 is 0 Å². The van der Waals surface area contributed by atoms with Gasteiger partial charge < -0.3 is 15.0 Å². The number of rotatable bonds is 8. The number of hydrogen-bond donors (Lipinski definition) is 1. The first-order valence-corrected chi connectivity index (χ1v) is 11.6. The number of allylic oxidation sites excluding steroid dienone is 2. The summed E-state index contributed by atoms with van der Waals surface area (Å²) >= 11 is 0. The van der Waals surface area contributed by atoms with Gasteiger partial charge in [0.05, 0.1) is 12.4 Å². The first kappa shape index (κ1) is 20.3. The Morgan fingerprint density at radius 3 is 2.61 bits per heavy atom. The average molecular weight is 384 g/mol. The molecule has 1 heterocycles. The Morgan fingerprint density at radius 1 is 1.21 bits per heavy atom. The maximum Gasteiger partial charge on any atom is 0.230 e. The van der Waals surface area contributed by atoms with Gasteiger partial charge in [0.25, 0.3) is 0 Å². The number of likely N-dealkylation sites (N-methyl/N-ethyl adjacent to an activating group) is 1. The molecule has 4 aliphatic rings. The molecule has 154 valence electrons. The number of carbonyl (C=O) groups excluding carboxylic acids is 1. The lowest BCUT2D eigenvalue weighted by atomic mass is 9.75. The zero-order valence-electron chi connectivity index (χ0n) is 17.9. The van der Waals surface area contributed by atoms with E-state index in [2.05, 4.69) is 25.2 Å². The first-order valence-electron chi connectivity index (χ1n) is 11.6. The van der Waals surface area contributed by atoms with Crippen LogP contribution in [0.3, 0.4) is 0 Å². The van der Waals surface area contributed by atoms with Crippen LogP contribution in [-0.4, -0.2) is 50.8 Å². The Kier molecular flexibility index (Phi) is 6.10. The fraction of sp³-hybridized carbons (Fsp3) is 0.870. The largest absolute Gasteiger partial charge is 0.498 e. The minimum atomic E-state index is -0.573. The fourth-order valence-corrected chi connectivity index (χ4v) is 5.49. The Morgan fingerprint density at radius 2 is 1.96 bits per heavy atom. The molecule has 7 unspecified atom stereocenters. The molecule has 28 heavy (non-hydrogen) atoms. The van der Waals surface area contributed by atoms with Crippen LogP contribution < -0.4 is 5.32 Å². The van der Waals surface area contributed by atoms with Crippen molar-refractivity contribution in [3.63, 3.8) is 0 Å². The van der Waals surface area contributed by atoms with E-state index in [1.807, 2.05) is 11.8 Å². The van der Waals surface area contributed by atoms with Crippen LogP contribution in [0, 0.1) is 41.4 Å². The fourth-order valence-electron chi connectivity index (χ4n) is 5.49. The Balaban J connectivity index is 1.42. The lowest BCUT2D eigenvalue weighted by molar-refractivity contribution is -0.130. The molecule has 4 rings (SSSR count). The zero-order chi connectivity index (χ0) is 19.8. The molecule has 0 bridgehead atoms. The van der Waals surface area contributed by atoms with Crippen LogP contribution in [0.1, 0.15) is 52.9 Å². The standard InChI is InChI=1S/C23H37BN2O2/c1-4-25-22(24)23(27)26-11-15(3)20(12-26)17-7-8-18(19-9-14(19)2)21(10-17)28-13-16-5-6-16/h10,14-20,22,25H,4-9,11-13H2,1-3H3. The average Bonchev–Trinajstić information content (AvgIpc) is 3.59. The van der Waals surface area contributed by atoms with Crippen LogP contribution in [-0.2, 0) is 9.53 Å². The predicted octanol–water partition coefficient (Wildman–Crippen LogP) is 3.18. The molecule has 0 aromatic carbocycles. The molecule has 3 aliphatic carbocycles. The van der Waals surface area contributed by atoms with E-state index in [4.69, 9.17) is 12.6 Å². The van der Waals surface area contributed by atoms with Gasteiger partial charge in [-0.3, -0.25) is 4.79 Å². The van der Waals surface area contributed by atoms with Gasteiger partial charge in [-0.05, 0) is 80.2 Å². The number of amides is 1. The molecule has 1 N–H and O–H groups in total. The van der Waals surface area contributed by atoms with E-state index in [1.165, 1.54) is 37.9 Å². The molecule has 1 aliphatic heterocycles. The first-order chi connectivity index (χ1) is 13.5. The van der Waals surface area contributed by atoms with Crippen LogP contribution >= 0.6 is 0 Å². The highest BCUT2D eigenvalue weighted by atomic mass is 16.5. The third-order valence-electron chi connectivity index (χ3n) is 7.65. The second kappa shape index (κ2) is 8.42. The highest BCUT2D eigenvalue weighted by molar-refractivity contribution is 6.23. The highest BCUT2D eigenvalue weighted by Crippen LogP contribution is 2.52. The Labute approximate surface area is 172 Å². The Bertz CT molecular complexity index is 605. The SMILES string of the molecule is [B]C(NCC)C(=O)N1CC(C)C(C2C=C(OCC3CC3)C(C3CC3C)CC2)C1. The number of nitrogens with one attached hydrogen (secondary N) is 1. The summed E-state index contributed by atoms with van der Waals surface area (Å²) in [5.74, 6) is 5.47. The van der Waals surface area contributed by atoms with E-state index < -0.39 is 5.94 Å². The van der Waals surface area contributed by atoms with Gasteiger partial charge in [-0.15, -0.1) is 0 Å². The van der Waals surface area contributed by atoms with Gasteiger partial charge in [-0.25, -0.2) is 0 Å². The van der Waals surface area contributed by atoms with Crippen molar-refractivity contribution in [1.82, 2.24) is 10.2 Å². The second-order valence-electron chi connectivity index (χ2n) is 9.97. The van der Waals surface area contributed by atoms with Crippen molar-refractivity contribution < 1.29 is 9.53 Å². The molecule has 7 atom stereocenters. The van der Waals surface area contributed by atoms with Gasteiger partial charge in [-0.2, -0.15) is 0 Å². The van der Waals surface area contributed by atoms with Crippen LogP contribution in [0.4, 0.5) is 0 Å². The third-order valence-corrected chi connectivity index (χ3v) is 7.65. The summed E-state index contributed by atoms with van der Waals surface area (Å²) in [7, 11) is 6.01. The topological polar surface area (TPSA) is 41.6 Å². The van der Waals surface area contributed by atoms with Crippen LogP contribution in [0.15, 0.2) is 11.8 Å². The summed E-state index contributed by atoms with van der Waals surface area (Å²) < 4.78 is 6.39. The molecule has 0 aromatic heterocycles. The molecule has 4 nitrogen and oxygen atoms in total. The normalized spacial score (nSPS) is 38.8. The summed E-state index contributed by atoms with van der Waals surface area (Å²) in [6, 6.07) is 0. The number of carbonyl (C=O) groups is 1. The second-order valence-corrected chi connectivity index (χ2v) is 9.97. The third kappa shape index (κ3) is 4.45. The summed E-state index contributed by atoms with van der Waals surface area (Å²) in [5.41, 5.74) is 0. The van der Waals surface area contributed by atoms with Crippen molar-refractivity contribution in [2.45, 2.75) is 58.8 Å². The number of ether oxygens (including phenoxy) is 1. The zero-order valence-corrected chi connectivity index (χ0v) is 17.9. The summed E-state index contributed by atoms with van der Waals surface area (Å²) in [6.45, 7) is 9.95. The van der Waals surface area contributed by atoms with E-state index in [0.29, 0.717) is 30.2 Å². The minimum Gasteiger partial charge on any atom is -0.498 e. The highest BCUT2D eigenvalue weighted by Gasteiger charge is 2.45. The van der Waals surface area contributed by atoms with Gasteiger partial charge in [-0.1, -0.05) is 20.8 Å². The smallest absolute Gasteiger partial charge is 0.230 e. The molecule has 2 saturated carbocycles. The van der Waals surface area contributed by atoms with Crippen molar-refractivity contribution >= 4 is 13.8 Å². The van der Waals surface area contributed by atoms with Gasteiger partial charge >= 0.3 is 0 Å². The van der Waals surface area contributed by atoms with Gasteiger partial charge in [0.15, 0.2) is 0 Å². The summed E-state index contributed by atoms with van der Waals surface area (Å²) in [6.07, 6.45) is 9.00. The maximum atomic E-state index is 12.6. The molecule has 2 radical (unpaired) electrons. The molecule has 0 spiro atoms. The van der Waals surface area contributed by atoms with Crippen molar-refractivity contribution in [3.05, 3.63) is 11.8 Å². The predicted molar refractivity (Wildman–Crippen MR) is 113 cm³/mol. The van der Waals surface area contributed by atoms with Crippen LogP contribution in [0.25, 0.3) is 0 Å². The molecule has 3 fully saturated rings. The summed E-state index contributed by atoms with van der Waals surface area (Å²) in [5, 5.41) is 3.06. The van der Waals surface area contributed by atoms with Gasteiger partial charge in [0.1, 0.15) is 7.85 Å². The van der Waals surface area contributed by atoms with Crippen molar-refractivity contribution in [2.75, 3.05) is 26.2 Å². The van der Waals surface area contributed by atoms with E-state index in [0.717, 1.165) is 37.5 Å². The lowest BCUT2D eigenvalue weighted by Crippen LogP contribution is -2.46. The molecule has 1 saturated heterocycles. The Hall–Kier alpha value is -0.965. The van der Waals surface area contributed by atoms with E-state index in [1.54, 1.807) is 0 Å². The molecular weight excluding hydrogens is 347 g/mol. The van der Waals surface area contributed by atoms with E-state index in [-0.39, 0.29) is 5.91 Å². The van der Waals surface area contributed by atoms with E-state index in [9.17, 15) is 4.79 Å². The summed E-state index contributed by atoms with van der Waals surface area (Å²) in [4.78, 5) is 14.6. The quantitative estimate of drug-likeness (QED) is 0.654. The lowest BCUT2D eigenvalue weighted by Gasteiger charge is -2.33. The van der Waals surface area contributed by atoms with Gasteiger partial charge in [0, 0.05) is 24.9 Å². The molecule has 1 amide bonds. The van der Waals surface area contributed by atoms with Crippen molar-refractivity contribution in [1.29, 1.82) is 0 Å². The van der Waals surface area contributed by atoms with Crippen molar-refractivity contribution in [2.24, 2.45) is 41.4 Å². The van der Waals surface area contributed by atoms with Crippen molar-refractivity contribution in [3.8, 4) is 0 Å². The molecule has 0 aromatic rings. The number of nitrogens with zero attached hydrogens (tertiary/aromatic N) is 1. The monoisotopic (exact) mass is 384 g/mol. The van der Waals surface area contributed by atoms with Crippen LogP contribution in [0.5, 0.6) is 0 Å². The maximum absolute atomic E-state index is 12.6. The number of likely N-dealkylation sites (tertiary alicyclic amines) is 1. The molecule has 5 heteroatoms.